The monoisotopic (exact) mass is 426 g/mol. The lowest BCUT2D eigenvalue weighted by molar-refractivity contribution is -0.384. The predicted molar refractivity (Wildman–Crippen MR) is 104 cm³/mol. The van der Waals surface area contributed by atoms with E-state index in [1.54, 1.807) is 11.8 Å². The van der Waals surface area contributed by atoms with E-state index in [2.05, 4.69) is 4.72 Å². The Balaban J connectivity index is 1.65. The molecule has 0 radical (unpaired) electrons. The molecule has 1 aromatic carbocycles. The summed E-state index contributed by atoms with van der Waals surface area (Å²) in [6.45, 7) is 2.28. The van der Waals surface area contributed by atoms with Crippen molar-refractivity contribution in [3.63, 3.8) is 0 Å². The Morgan fingerprint density at radius 3 is 2.66 bits per heavy atom. The molecule has 0 spiro atoms. The maximum atomic E-state index is 12.6. The van der Waals surface area contributed by atoms with Crippen LogP contribution in [0.4, 0.5) is 5.69 Å². The number of fused-ring (bicyclic) bond motifs is 1. The van der Waals surface area contributed by atoms with Gasteiger partial charge in [-0.3, -0.25) is 19.5 Å². The number of sulfonamides is 1. The number of rotatable bonds is 7. The average Bonchev–Trinajstić information content (AvgIpc) is 2.96. The lowest BCUT2D eigenvalue weighted by Crippen LogP contribution is -2.48. The number of nitro benzene ring substituents is 1. The third-order valence-corrected chi connectivity index (χ3v) is 6.46. The van der Waals surface area contributed by atoms with Crippen LogP contribution in [0.25, 0.3) is 11.1 Å². The normalized spacial score (nSPS) is 15.7. The largest absolute Gasteiger partial charge is 0.420 e. The van der Waals surface area contributed by atoms with Crippen molar-refractivity contribution in [2.75, 3.05) is 18.8 Å². The predicted octanol–water partition coefficient (Wildman–Crippen LogP) is 0.823. The zero-order chi connectivity index (χ0) is 21.2. The van der Waals surface area contributed by atoms with Gasteiger partial charge in [0.25, 0.3) is 5.69 Å². The Kier molecular flexibility index (Phi) is 6.03. The van der Waals surface area contributed by atoms with Crippen molar-refractivity contribution in [1.82, 2.24) is 14.2 Å². The number of nitrogens with one attached hydrogen (secondary N) is 1. The van der Waals surface area contributed by atoms with Gasteiger partial charge in [0.05, 0.1) is 22.3 Å². The van der Waals surface area contributed by atoms with E-state index in [9.17, 15) is 28.1 Å². The minimum atomic E-state index is -3.31. The molecule has 0 bridgehead atoms. The standard InChI is InChI=1S/C17H22N4O7S/c1-2-9-29(26,27)18-12-5-7-19(8-6-12)16(22)11-20-14-4-3-13(21(24)25)10-15(14)28-17(20)23/h3-4,10,12,18H,2,5-9,11H2,1H3. The van der Waals surface area contributed by atoms with Crippen LogP contribution in [-0.2, 0) is 21.4 Å². The molecule has 11 nitrogen and oxygen atoms in total. The van der Waals surface area contributed by atoms with E-state index in [1.165, 1.54) is 12.1 Å². The summed E-state index contributed by atoms with van der Waals surface area (Å²) in [6.07, 6.45) is 1.51. The van der Waals surface area contributed by atoms with Gasteiger partial charge in [-0.1, -0.05) is 6.92 Å². The van der Waals surface area contributed by atoms with Gasteiger partial charge < -0.3 is 9.32 Å². The molecule has 0 aliphatic carbocycles. The van der Waals surface area contributed by atoms with Crippen LogP contribution in [0.1, 0.15) is 26.2 Å². The fourth-order valence-electron chi connectivity index (χ4n) is 3.38. The second-order valence-electron chi connectivity index (χ2n) is 6.96. The maximum absolute atomic E-state index is 12.6. The summed E-state index contributed by atoms with van der Waals surface area (Å²) >= 11 is 0. The summed E-state index contributed by atoms with van der Waals surface area (Å²) in [5.41, 5.74) is 0.134. The highest BCUT2D eigenvalue weighted by molar-refractivity contribution is 7.89. The first kappa shape index (κ1) is 21.0. The molecule has 1 amide bonds. The molecular weight excluding hydrogens is 404 g/mol. The number of carbonyl (C=O) groups excluding carboxylic acids is 1. The zero-order valence-electron chi connectivity index (χ0n) is 15.9. The summed E-state index contributed by atoms with van der Waals surface area (Å²) in [7, 11) is -3.31. The Morgan fingerprint density at radius 2 is 2.03 bits per heavy atom. The number of aromatic nitrogens is 1. The first-order chi connectivity index (χ1) is 13.7. The van der Waals surface area contributed by atoms with E-state index in [0.29, 0.717) is 37.9 Å². The molecule has 12 heteroatoms. The van der Waals surface area contributed by atoms with Crippen LogP contribution in [0.5, 0.6) is 0 Å². The number of hydrogen-bond donors (Lipinski definition) is 1. The van der Waals surface area contributed by atoms with E-state index >= 15 is 0 Å². The number of piperidine rings is 1. The molecule has 1 fully saturated rings. The molecule has 158 valence electrons. The Morgan fingerprint density at radius 1 is 1.34 bits per heavy atom. The SMILES string of the molecule is CCCS(=O)(=O)NC1CCN(C(=O)Cn2c(=O)oc3cc([N+](=O)[O-])ccc32)CC1. The smallest absolute Gasteiger partial charge is 0.407 e. The van der Waals surface area contributed by atoms with Crippen LogP contribution in [0.3, 0.4) is 0 Å². The number of oxazole rings is 1. The molecule has 0 unspecified atom stereocenters. The first-order valence-electron chi connectivity index (χ1n) is 9.25. The Bertz CT molecular complexity index is 1080. The summed E-state index contributed by atoms with van der Waals surface area (Å²) in [6, 6.07) is 3.55. The topological polar surface area (TPSA) is 145 Å². The third kappa shape index (κ3) is 4.82. The van der Waals surface area contributed by atoms with E-state index in [4.69, 9.17) is 4.42 Å². The van der Waals surface area contributed by atoms with Crippen molar-refractivity contribution in [2.45, 2.75) is 38.8 Å². The van der Waals surface area contributed by atoms with Gasteiger partial charge in [0.15, 0.2) is 5.58 Å². The average molecular weight is 426 g/mol. The second kappa shape index (κ2) is 8.33. The van der Waals surface area contributed by atoms with E-state index in [0.717, 1.165) is 10.6 Å². The van der Waals surface area contributed by atoms with E-state index in [1.807, 2.05) is 0 Å². The molecule has 3 rings (SSSR count). The lowest BCUT2D eigenvalue weighted by Gasteiger charge is -2.32. The summed E-state index contributed by atoms with van der Waals surface area (Å²) < 4.78 is 32.6. The highest BCUT2D eigenvalue weighted by atomic mass is 32.2. The number of hydrogen-bond acceptors (Lipinski definition) is 7. The van der Waals surface area contributed by atoms with Gasteiger partial charge in [0.1, 0.15) is 6.54 Å². The van der Waals surface area contributed by atoms with Gasteiger partial charge in [0, 0.05) is 25.2 Å². The molecule has 0 saturated carbocycles. The number of nitro groups is 1. The van der Waals surface area contributed by atoms with Gasteiger partial charge in [-0.25, -0.2) is 17.9 Å². The number of benzene rings is 1. The highest BCUT2D eigenvalue weighted by Crippen LogP contribution is 2.20. The molecule has 2 aromatic rings. The molecule has 1 N–H and O–H groups in total. The van der Waals surface area contributed by atoms with Crippen molar-refractivity contribution < 1.29 is 22.6 Å². The molecule has 1 saturated heterocycles. The van der Waals surface area contributed by atoms with Crippen LogP contribution >= 0.6 is 0 Å². The number of carbonyl (C=O) groups is 1. The first-order valence-corrected chi connectivity index (χ1v) is 10.9. The van der Waals surface area contributed by atoms with Crippen molar-refractivity contribution in [3.8, 4) is 0 Å². The molecule has 2 heterocycles. The van der Waals surface area contributed by atoms with Gasteiger partial charge in [-0.05, 0) is 25.3 Å². The van der Waals surface area contributed by atoms with Crippen LogP contribution in [0.15, 0.2) is 27.4 Å². The summed E-state index contributed by atoms with van der Waals surface area (Å²) in [5, 5.41) is 10.8. The van der Waals surface area contributed by atoms with Crippen molar-refractivity contribution >= 4 is 32.7 Å². The Labute approximate surface area is 166 Å². The molecule has 1 aromatic heterocycles. The maximum Gasteiger partial charge on any atom is 0.420 e. The number of amides is 1. The zero-order valence-corrected chi connectivity index (χ0v) is 16.7. The van der Waals surface area contributed by atoms with Crippen LogP contribution in [0, 0.1) is 10.1 Å². The quantitative estimate of drug-likeness (QED) is 0.510. The van der Waals surface area contributed by atoms with E-state index in [-0.39, 0.29) is 35.5 Å². The number of likely N-dealkylation sites (tertiary alicyclic amines) is 1. The van der Waals surface area contributed by atoms with Gasteiger partial charge >= 0.3 is 5.76 Å². The molecule has 1 aliphatic heterocycles. The van der Waals surface area contributed by atoms with Crippen LogP contribution in [-0.4, -0.2) is 53.6 Å². The minimum Gasteiger partial charge on any atom is -0.407 e. The number of nitrogens with zero attached hydrogens (tertiary/aromatic N) is 3. The highest BCUT2D eigenvalue weighted by Gasteiger charge is 2.26. The second-order valence-corrected chi connectivity index (χ2v) is 8.83. The van der Waals surface area contributed by atoms with Gasteiger partial charge in [-0.15, -0.1) is 0 Å². The Hall–Kier alpha value is -2.73. The van der Waals surface area contributed by atoms with Crippen LogP contribution in [0.2, 0.25) is 0 Å². The van der Waals surface area contributed by atoms with Crippen LogP contribution < -0.4 is 10.5 Å². The van der Waals surface area contributed by atoms with Crippen molar-refractivity contribution in [1.29, 1.82) is 0 Å². The number of non-ortho nitro benzene ring substituents is 1. The van der Waals surface area contributed by atoms with Gasteiger partial charge in [0.2, 0.25) is 15.9 Å². The van der Waals surface area contributed by atoms with Crippen molar-refractivity contribution in [2.24, 2.45) is 0 Å². The molecule has 29 heavy (non-hydrogen) atoms. The fourth-order valence-corrected chi connectivity index (χ4v) is 4.78. The fraction of sp³-hybridized carbons (Fsp3) is 0.529. The summed E-state index contributed by atoms with van der Waals surface area (Å²) in [5.74, 6) is -1.00. The van der Waals surface area contributed by atoms with E-state index < -0.39 is 20.7 Å². The summed E-state index contributed by atoms with van der Waals surface area (Å²) in [4.78, 5) is 36.5. The van der Waals surface area contributed by atoms with Gasteiger partial charge in [-0.2, -0.15) is 0 Å². The molecule has 1 aliphatic rings. The van der Waals surface area contributed by atoms with Crippen molar-refractivity contribution in [3.05, 3.63) is 38.9 Å². The molecule has 0 atom stereocenters. The third-order valence-electron chi connectivity index (χ3n) is 4.82. The minimum absolute atomic E-state index is 0.0426. The lowest BCUT2D eigenvalue weighted by atomic mass is 10.1. The molecular formula is C17H22N4O7S.